The van der Waals surface area contributed by atoms with Crippen LogP contribution in [0.15, 0.2) is 18.2 Å². The van der Waals surface area contributed by atoms with Gasteiger partial charge in [0.15, 0.2) is 0 Å². The van der Waals surface area contributed by atoms with Gasteiger partial charge < -0.3 is 10.1 Å². The molecular formula is C13H15N3O3. The lowest BCUT2D eigenvalue weighted by Crippen LogP contribution is -2.32. The molecule has 0 radical (unpaired) electrons. The Morgan fingerprint density at radius 1 is 1.58 bits per heavy atom. The predicted molar refractivity (Wildman–Crippen MR) is 69.9 cm³/mol. The number of nitrogens with one attached hydrogen (secondary N) is 1. The van der Waals surface area contributed by atoms with Crippen LogP contribution in [0.5, 0.6) is 0 Å². The van der Waals surface area contributed by atoms with Gasteiger partial charge in [0.1, 0.15) is 17.3 Å². The summed E-state index contributed by atoms with van der Waals surface area (Å²) in [4.78, 5) is 10.6. The number of nitriles is 1. The van der Waals surface area contributed by atoms with Crippen LogP contribution >= 0.6 is 0 Å². The fraction of sp³-hybridized carbons (Fsp3) is 0.462. The molecule has 0 aromatic heterocycles. The minimum atomic E-state index is -0.510. The number of anilines is 1. The van der Waals surface area contributed by atoms with Crippen molar-refractivity contribution in [3.05, 3.63) is 33.9 Å². The molecule has 0 aliphatic carbocycles. The number of hydrogen-bond donors (Lipinski definition) is 1. The second kappa shape index (κ2) is 5.67. The Hall–Kier alpha value is -2.13. The van der Waals surface area contributed by atoms with Crippen molar-refractivity contribution in [3.63, 3.8) is 0 Å². The summed E-state index contributed by atoms with van der Waals surface area (Å²) in [7, 11) is 0. The maximum atomic E-state index is 11.1. The van der Waals surface area contributed by atoms with E-state index < -0.39 is 4.92 Å². The molecule has 100 valence electrons. The van der Waals surface area contributed by atoms with E-state index >= 15 is 0 Å². The molecule has 0 saturated carbocycles. The van der Waals surface area contributed by atoms with Gasteiger partial charge in [0.2, 0.25) is 0 Å². The maximum Gasteiger partial charge on any atom is 0.309 e. The van der Waals surface area contributed by atoms with E-state index in [4.69, 9.17) is 10.00 Å². The Labute approximate surface area is 111 Å². The largest absolute Gasteiger partial charge is 0.378 e. The van der Waals surface area contributed by atoms with Crippen LogP contribution < -0.4 is 5.32 Å². The van der Waals surface area contributed by atoms with E-state index in [-0.39, 0.29) is 23.4 Å². The minimum absolute atomic E-state index is 0.0788. The second-order valence-corrected chi connectivity index (χ2v) is 4.62. The van der Waals surface area contributed by atoms with E-state index in [1.54, 1.807) is 12.1 Å². The second-order valence-electron chi connectivity index (χ2n) is 4.62. The van der Waals surface area contributed by atoms with Crippen LogP contribution in [-0.4, -0.2) is 23.7 Å². The highest BCUT2D eigenvalue weighted by molar-refractivity contribution is 5.68. The molecule has 1 heterocycles. The molecule has 6 heteroatoms. The SMILES string of the molecule is CC1CC(Nc2cccc(C#N)c2[N+](=O)[O-])CCO1. The smallest absolute Gasteiger partial charge is 0.309 e. The van der Waals surface area contributed by atoms with E-state index in [0.717, 1.165) is 12.8 Å². The van der Waals surface area contributed by atoms with E-state index in [1.165, 1.54) is 6.07 Å². The van der Waals surface area contributed by atoms with Gasteiger partial charge in [-0.2, -0.15) is 5.26 Å². The summed E-state index contributed by atoms with van der Waals surface area (Å²) < 4.78 is 5.44. The van der Waals surface area contributed by atoms with Crippen LogP contribution in [0.1, 0.15) is 25.3 Å². The molecule has 1 aliphatic heterocycles. The van der Waals surface area contributed by atoms with E-state index in [9.17, 15) is 10.1 Å². The quantitative estimate of drug-likeness (QED) is 0.666. The van der Waals surface area contributed by atoms with Gasteiger partial charge in [-0.1, -0.05) is 6.07 Å². The van der Waals surface area contributed by atoms with Crippen LogP contribution in [0.25, 0.3) is 0 Å². The summed E-state index contributed by atoms with van der Waals surface area (Å²) in [6.45, 7) is 2.62. The highest BCUT2D eigenvalue weighted by Crippen LogP contribution is 2.30. The fourth-order valence-corrected chi connectivity index (χ4v) is 2.30. The standard InChI is InChI=1S/C13H15N3O3/c1-9-7-11(5-6-19-9)15-12-4-2-3-10(8-14)13(12)16(17)18/h2-4,9,11,15H,5-7H2,1H3. The first-order valence-electron chi connectivity index (χ1n) is 6.17. The molecule has 0 spiro atoms. The molecule has 0 bridgehead atoms. The minimum Gasteiger partial charge on any atom is -0.378 e. The zero-order valence-corrected chi connectivity index (χ0v) is 10.6. The third-order valence-corrected chi connectivity index (χ3v) is 3.18. The van der Waals surface area contributed by atoms with Gasteiger partial charge in [0.05, 0.1) is 11.0 Å². The maximum absolute atomic E-state index is 11.1. The molecule has 1 aliphatic rings. The Bertz CT molecular complexity index is 524. The topological polar surface area (TPSA) is 88.2 Å². The molecule has 19 heavy (non-hydrogen) atoms. The number of nitro benzene ring substituents is 1. The molecule has 2 rings (SSSR count). The number of para-hydroxylation sites is 1. The molecule has 2 atom stereocenters. The third kappa shape index (κ3) is 3.01. The molecule has 1 N–H and O–H groups in total. The van der Waals surface area contributed by atoms with E-state index in [2.05, 4.69) is 5.32 Å². The molecule has 2 unspecified atom stereocenters. The summed E-state index contributed by atoms with van der Waals surface area (Å²) in [5.74, 6) is 0. The lowest BCUT2D eigenvalue weighted by molar-refractivity contribution is -0.384. The number of hydrogen-bond acceptors (Lipinski definition) is 5. The predicted octanol–water partition coefficient (Wildman–Crippen LogP) is 2.45. The first-order valence-corrected chi connectivity index (χ1v) is 6.17. The van der Waals surface area contributed by atoms with Crippen LogP contribution in [0, 0.1) is 21.4 Å². The number of rotatable bonds is 3. The van der Waals surface area contributed by atoms with E-state index in [0.29, 0.717) is 12.3 Å². The van der Waals surface area contributed by atoms with Crippen molar-refractivity contribution in [1.82, 2.24) is 0 Å². The Morgan fingerprint density at radius 2 is 2.37 bits per heavy atom. The summed E-state index contributed by atoms with van der Waals surface area (Å²) in [6, 6.07) is 6.73. The number of nitrogens with zero attached hydrogens (tertiary/aromatic N) is 2. The molecule has 1 aromatic rings. The Morgan fingerprint density at radius 3 is 3.00 bits per heavy atom. The number of benzene rings is 1. The van der Waals surface area contributed by atoms with Crippen molar-refractivity contribution in [1.29, 1.82) is 5.26 Å². The molecule has 1 aromatic carbocycles. The Kier molecular flexibility index (Phi) is 3.97. The van der Waals surface area contributed by atoms with Gasteiger partial charge in [0, 0.05) is 12.6 Å². The van der Waals surface area contributed by atoms with Crippen molar-refractivity contribution in [2.75, 3.05) is 11.9 Å². The van der Waals surface area contributed by atoms with Gasteiger partial charge in [-0.25, -0.2) is 0 Å². The van der Waals surface area contributed by atoms with Crippen molar-refractivity contribution >= 4 is 11.4 Å². The first kappa shape index (κ1) is 13.3. The number of nitro groups is 1. The lowest BCUT2D eigenvalue weighted by Gasteiger charge is -2.28. The monoisotopic (exact) mass is 261 g/mol. The van der Waals surface area contributed by atoms with Crippen molar-refractivity contribution in [2.45, 2.75) is 31.9 Å². The summed E-state index contributed by atoms with van der Waals surface area (Å²) in [5.41, 5.74) is 0.336. The van der Waals surface area contributed by atoms with Gasteiger partial charge in [-0.15, -0.1) is 0 Å². The normalized spacial score (nSPS) is 22.5. The zero-order chi connectivity index (χ0) is 13.8. The van der Waals surface area contributed by atoms with Crippen molar-refractivity contribution in [3.8, 4) is 6.07 Å². The van der Waals surface area contributed by atoms with Crippen molar-refractivity contribution in [2.24, 2.45) is 0 Å². The van der Waals surface area contributed by atoms with Crippen molar-refractivity contribution < 1.29 is 9.66 Å². The third-order valence-electron chi connectivity index (χ3n) is 3.18. The highest BCUT2D eigenvalue weighted by Gasteiger charge is 2.24. The first-order chi connectivity index (χ1) is 9.11. The van der Waals surface area contributed by atoms with Crippen LogP contribution in [-0.2, 0) is 4.74 Å². The van der Waals surface area contributed by atoms with Crippen LogP contribution in [0.2, 0.25) is 0 Å². The average molecular weight is 261 g/mol. The molecule has 6 nitrogen and oxygen atoms in total. The molecule has 1 saturated heterocycles. The van der Waals surface area contributed by atoms with Crippen LogP contribution in [0.4, 0.5) is 11.4 Å². The van der Waals surface area contributed by atoms with Gasteiger partial charge in [-0.05, 0) is 31.9 Å². The highest BCUT2D eigenvalue weighted by atomic mass is 16.6. The number of ether oxygens (including phenoxy) is 1. The molecule has 1 fully saturated rings. The van der Waals surface area contributed by atoms with E-state index in [1.807, 2.05) is 13.0 Å². The Balaban J connectivity index is 2.25. The summed E-state index contributed by atoms with van der Waals surface area (Å²) in [5, 5.41) is 23.2. The summed E-state index contributed by atoms with van der Waals surface area (Å²) >= 11 is 0. The zero-order valence-electron chi connectivity index (χ0n) is 10.6. The molecular weight excluding hydrogens is 246 g/mol. The van der Waals surface area contributed by atoms with Gasteiger partial charge in [-0.3, -0.25) is 10.1 Å². The molecule has 0 amide bonds. The van der Waals surface area contributed by atoms with Gasteiger partial charge in [0.25, 0.3) is 0 Å². The fourth-order valence-electron chi connectivity index (χ4n) is 2.30. The lowest BCUT2D eigenvalue weighted by atomic mass is 10.0. The van der Waals surface area contributed by atoms with Gasteiger partial charge >= 0.3 is 5.69 Å². The summed E-state index contributed by atoms with van der Waals surface area (Å²) in [6.07, 6.45) is 1.75. The average Bonchev–Trinajstić information content (AvgIpc) is 2.38. The van der Waals surface area contributed by atoms with Crippen LogP contribution in [0.3, 0.4) is 0 Å².